The predicted molar refractivity (Wildman–Crippen MR) is 165 cm³/mol. The Balaban J connectivity index is 1.13. The number of nitrogen functional groups attached to an aromatic ring is 1. The smallest absolute Gasteiger partial charge is 0.410 e. The van der Waals surface area contributed by atoms with Gasteiger partial charge < -0.3 is 20.1 Å². The normalized spacial score (nSPS) is 20.0. The summed E-state index contributed by atoms with van der Waals surface area (Å²) in [5.74, 6) is 1.57. The van der Waals surface area contributed by atoms with Crippen LogP contribution in [0.4, 0.5) is 10.5 Å². The van der Waals surface area contributed by atoms with Gasteiger partial charge in [0.25, 0.3) is 0 Å². The molecule has 6 rings (SSSR count). The predicted octanol–water partition coefficient (Wildman–Crippen LogP) is 6.51. The summed E-state index contributed by atoms with van der Waals surface area (Å²) in [6.07, 6.45) is 7.63. The van der Waals surface area contributed by atoms with E-state index >= 15 is 0 Å². The van der Waals surface area contributed by atoms with E-state index in [9.17, 15) is 4.79 Å². The van der Waals surface area contributed by atoms with E-state index in [0.717, 1.165) is 72.4 Å². The van der Waals surface area contributed by atoms with Crippen LogP contribution < -0.4 is 10.5 Å². The van der Waals surface area contributed by atoms with Crippen LogP contribution in [0, 0.1) is 0 Å². The molecule has 9 nitrogen and oxygen atoms in total. The number of aromatic nitrogens is 3. The molecule has 1 saturated heterocycles. The molecule has 2 aliphatic rings. The van der Waals surface area contributed by atoms with Crippen LogP contribution in [-0.4, -0.2) is 68.5 Å². The first kappa shape index (κ1) is 28.0. The van der Waals surface area contributed by atoms with Crippen LogP contribution in [0.25, 0.3) is 22.2 Å². The second-order valence-corrected chi connectivity index (χ2v) is 12.3. The molecule has 1 saturated carbocycles. The van der Waals surface area contributed by atoms with Gasteiger partial charge in [-0.1, -0.05) is 18.2 Å². The van der Waals surface area contributed by atoms with Gasteiger partial charge in [0.2, 0.25) is 0 Å². The van der Waals surface area contributed by atoms with Gasteiger partial charge >= 0.3 is 6.09 Å². The molecule has 1 aliphatic carbocycles. The van der Waals surface area contributed by atoms with E-state index in [4.69, 9.17) is 20.3 Å². The number of carbonyl (C=O) groups is 1. The summed E-state index contributed by atoms with van der Waals surface area (Å²) in [6.45, 7) is 8.92. The lowest BCUT2D eigenvalue weighted by Crippen LogP contribution is -2.53. The topological polar surface area (TPSA) is 98.7 Å². The Bertz CT molecular complexity index is 1510. The minimum atomic E-state index is -0.469. The third-order valence-electron chi connectivity index (χ3n) is 8.25. The van der Waals surface area contributed by atoms with Crippen LogP contribution in [0.1, 0.15) is 52.5 Å². The Morgan fingerprint density at radius 2 is 1.50 bits per heavy atom. The maximum atomic E-state index is 12.5. The van der Waals surface area contributed by atoms with Crippen molar-refractivity contribution in [3.05, 3.63) is 67.0 Å². The van der Waals surface area contributed by atoms with Gasteiger partial charge in [-0.3, -0.25) is 14.6 Å². The van der Waals surface area contributed by atoms with E-state index in [1.807, 2.05) is 86.5 Å². The molecule has 3 heterocycles. The van der Waals surface area contributed by atoms with Crippen molar-refractivity contribution in [2.24, 2.45) is 0 Å². The van der Waals surface area contributed by atoms with Gasteiger partial charge in [0, 0.05) is 37.8 Å². The van der Waals surface area contributed by atoms with E-state index in [-0.39, 0.29) is 12.1 Å². The summed E-state index contributed by atoms with van der Waals surface area (Å²) in [6, 6.07) is 18.6. The van der Waals surface area contributed by atoms with Gasteiger partial charge in [-0.25, -0.2) is 4.79 Å². The number of pyridine rings is 1. The average molecular weight is 569 g/mol. The number of fused-ring (bicyclic) bond motifs is 1. The second kappa shape index (κ2) is 11.6. The Labute approximate surface area is 247 Å². The lowest BCUT2D eigenvalue weighted by molar-refractivity contribution is 0.00727. The van der Waals surface area contributed by atoms with Crippen molar-refractivity contribution >= 4 is 22.7 Å². The number of amides is 1. The van der Waals surface area contributed by atoms with Crippen LogP contribution in [0.15, 0.2) is 67.0 Å². The Kier molecular flexibility index (Phi) is 7.77. The van der Waals surface area contributed by atoms with Gasteiger partial charge in [-0.2, -0.15) is 5.10 Å². The van der Waals surface area contributed by atoms with Gasteiger partial charge in [-0.05, 0) is 82.9 Å². The number of hydrogen-bond donors (Lipinski definition) is 1. The minimum absolute atomic E-state index is 0.210. The first-order chi connectivity index (χ1) is 20.2. The van der Waals surface area contributed by atoms with E-state index in [1.165, 1.54) is 0 Å². The highest BCUT2D eigenvalue weighted by Gasteiger charge is 2.32. The fraction of sp³-hybridized carbons (Fsp3) is 0.424. The van der Waals surface area contributed by atoms with Crippen molar-refractivity contribution < 1.29 is 14.3 Å². The summed E-state index contributed by atoms with van der Waals surface area (Å²) in [4.78, 5) is 21.3. The Morgan fingerprint density at radius 3 is 2.17 bits per heavy atom. The molecule has 4 aromatic rings. The number of hydrogen-bond acceptors (Lipinski definition) is 7. The van der Waals surface area contributed by atoms with E-state index < -0.39 is 5.60 Å². The third kappa shape index (κ3) is 6.06. The number of para-hydroxylation sites is 1. The molecule has 0 unspecified atom stereocenters. The van der Waals surface area contributed by atoms with Gasteiger partial charge in [0.1, 0.15) is 22.8 Å². The molecule has 42 heavy (non-hydrogen) atoms. The Hall–Kier alpha value is -4.11. The number of benzene rings is 2. The van der Waals surface area contributed by atoms with Crippen molar-refractivity contribution in [2.45, 2.75) is 64.1 Å². The molecule has 2 N–H and O–H groups in total. The standard InChI is InChI=1S/C33H40N6O3/c1-33(2,3)42-32(40)38-19-17-37(18-20-38)24-11-13-25(14-12-24)39-29-22-35-21-28(34)30(29)31(36-39)23-9-15-27(16-10-23)41-26-7-5-4-6-8-26/h4-10,15-16,21-22,24-25H,11-14,17-20,34H2,1-3H3. The van der Waals surface area contributed by atoms with Gasteiger partial charge in [-0.15, -0.1) is 0 Å². The Morgan fingerprint density at radius 1 is 0.857 bits per heavy atom. The fourth-order valence-electron chi connectivity index (χ4n) is 6.16. The molecule has 2 aromatic carbocycles. The van der Waals surface area contributed by atoms with Crippen LogP contribution in [-0.2, 0) is 4.74 Å². The highest BCUT2D eigenvalue weighted by molar-refractivity contribution is 6.01. The van der Waals surface area contributed by atoms with E-state index in [2.05, 4.69) is 14.6 Å². The second-order valence-electron chi connectivity index (χ2n) is 12.3. The lowest BCUT2D eigenvalue weighted by Gasteiger charge is -2.42. The maximum Gasteiger partial charge on any atom is 0.410 e. The zero-order chi connectivity index (χ0) is 29.3. The van der Waals surface area contributed by atoms with Crippen LogP contribution in [0.5, 0.6) is 11.5 Å². The molecule has 220 valence electrons. The fourth-order valence-corrected chi connectivity index (χ4v) is 6.16. The van der Waals surface area contributed by atoms with Gasteiger partial charge in [0.05, 0.1) is 35.0 Å². The number of ether oxygens (including phenoxy) is 2. The monoisotopic (exact) mass is 568 g/mol. The van der Waals surface area contributed by atoms with Crippen molar-refractivity contribution in [1.82, 2.24) is 24.6 Å². The number of anilines is 1. The maximum absolute atomic E-state index is 12.5. The van der Waals surface area contributed by atoms with Crippen molar-refractivity contribution in [3.8, 4) is 22.8 Å². The highest BCUT2D eigenvalue weighted by Crippen LogP contribution is 2.38. The first-order valence-electron chi connectivity index (χ1n) is 14.9. The number of nitrogens with two attached hydrogens (primary N) is 1. The van der Waals surface area contributed by atoms with Gasteiger partial charge in [0.15, 0.2) is 0 Å². The quantitative estimate of drug-likeness (QED) is 0.293. The lowest BCUT2D eigenvalue weighted by atomic mass is 9.89. The zero-order valence-electron chi connectivity index (χ0n) is 24.7. The van der Waals surface area contributed by atoms with Crippen molar-refractivity contribution in [3.63, 3.8) is 0 Å². The molecule has 9 heteroatoms. The molecule has 2 fully saturated rings. The SMILES string of the molecule is CC(C)(C)OC(=O)N1CCN(C2CCC(n3nc(-c4ccc(Oc5ccccc5)cc4)c4c(N)cncc43)CC2)CC1. The van der Waals surface area contributed by atoms with Crippen LogP contribution >= 0.6 is 0 Å². The largest absolute Gasteiger partial charge is 0.457 e. The summed E-state index contributed by atoms with van der Waals surface area (Å²) in [5.41, 5.74) is 9.48. The molecule has 1 amide bonds. The molecule has 0 bridgehead atoms. The number of carbonyl (C=O) groups excluding carboxylic acids is 1. The molecule has 1 aliphatic heterocycles. The average Bonchev–Trinajstić information content (AvgIpc) is 3.38. The number of piperazine rings is 1. The summed E-state index contributed by atoms with van der Waals surface area (Å²) in [7, 11) is 0. The van der Waals surface area contributed by atoms with E-state index in [0.29, 0.717) is 24.8 Å². The number of nitrogens with zero attached hydrogens (tertiary/aromatic N) is 5. The minimum Gasteiger partial charge on any atom is -0.457 e. The van der Waals surface area contributed by atoms with Crippen molar-refractivity contribution in [1.29, 1.82) is 0 Å². The molecular formula is C33H40N6O3. The summed E-state index contributed by atoms with van der Waals surface area (Å²) in [5, 5.41) is 6.08. The zero-order valence-corrected chi connectivity index (χ0v) is 24.7. The summed E-state index contributed by atoms with van der Waals surface area (Å²) >= 11 is 0. The first-order valence-corrected chi connectivity index (χ1v) is 14.9. The molecule has 0 atom stereocenters. The highest BCUT2D eigenvalue weighted by atomic mass is 16.6. The number of rotatable bonds is 5. The molecule has 2 aromatic heterocycles. The van der Waals surface area contributed by atoms with Crippen molar-refractivity contribution in [2.75, 3.05) is 31.9 Å². The molecule has 0 spiro atoms. The third-order valence-corrected chi connectivity index (χ3v) is 8.25. The van der Waals surface area contributed by atoms with E-state index in [1.54, 1.807) is 6.20 Å². The molecule has 0 radical (unpaired) electrons. The van der Waals surface area contributed by atoms with Crippen LogP contribution in [0.3, 0.4) is 0 Å². The van der Waals surface area contributed by atoms with Crippen LogP contribution in [0.2, 0.25) is 0 Å². The summed E-state index contributed by atoms with van der Waals surface area (Å²) < 4.78 is 13.7. The molecular weight excluding hydrogens is 528 g/mol.